The van der Waals surface area contributed by atoms with E-state index in [0.717, 1.165) is 12.8 Å². The summed E-state index contributed by atoms with van der Waals surface area (Å²) in [6, 6.07) is 7.00. The van der Waals surface area contributed by atoms with E-state index in [1.807, 2.05) is 13.0 Å². The van der Waals surface area contributed by atoms with E-state index in [4.69, 9.17) is 0 Å². The zero-order valence-electron chi connectivity index (χ0n) is 10.9. The highest BCUT2D eigenvalue weighted by molar-refractivity contribution is 7.89. The molecule has 0 amide bonds. The molecule has 100 valence electrons. The summed E-state index contributed by atoms with van der Waals surface area (Å²) in [5.41, 5.74) is 0.827. The maximum absolute atomic E-state index is 12.3. The lowest BCUT2D eigenvalue weighted by molar-refractivity contribution is 0.530. The van der Waals surface area contributed by atoms with Crippen LogP contribution in [-0.2, 0) is 10.0 Å². The van der Waals surface area contributed by atoms with Gasteiger partial charge >= 0.3 is 0 Å². The highest BCUT2D eigenvalue weighted by Crippen LogP contribution is 2.44. The first kappa shape index (κ1) is 13.4. The summed E-state index contributed by atoms with van der Waals surface area (Å²) >= 11 is 0. The maximum atomic E-state index is 12.3. The fourth-order valence-corrected chi connectivity index (χ4v) is 3.16. The summed E-state index contributed by atoms with van der Waals surface area (Å²) in [4.78, 5) is 0.330. The number of anilines is 1. The SMILES string of the molecule is CCNc1ccccc1S(=O)(=O)NCC1(C)CC1. The second-order valence-corrected chi connectivity index (χ2v) is 6.90. The molecule has 0 atom stereocenters. The van der Waals surface area contributed by atoms with Crippen LogP contribution in [-0.4, -0.2) is 21.5 Å². The summed E-state index contributed by atoms with van der Waals surface area (Å²) in [7, 11) is -3.42. The largest absolute Gasteiger partial charge is 0.384 e. The maximum Gasteiger partial charge on any atom is 0.242 e. The first-order valence-corrected chi connectivity index (χ1v) is 7.78. The molecule has 1 fully saturated rings. The van der Waals surface area contributed by atoms with E-state index in [1.165, 1.54) is 0 Å². The molecule has 1 saturated carbocycles. The third kappa shape index (κ3) is 3.03. The van der Waals surface area contributed by atoms with E-state index in [1.54, 1.807) is 18.2 Å². The van der Waals surface area contributed by atoms with Crippen LogP contribution in [0.5, 0.6) is 0 Å². The van der Waals surface area contributed by atoms with Crippen molar-refractivity contribution < 1.29 is 8.42 Å². The van der Waals surface area contributed by atoms with Gasteiger partial charge in [0, 0.05) is 13.1 Å². The third-order valence-electron chi connectivity index (χ3n) is 3.34. The van der Waals surface area contributed by atoms with Crippen LogP contribution >= 0.6 is 0 Å². The molecular formula is C13H20N2O2S. The predicted octanol–water partition coefficient (Wildman–Crippen LogP) is 2.20. The van der Waals surface area contributed by atoms with Crippen LogP contribution in [0, 0.1) is 5.41 Å². The molecule has 0 heterocycles. The summed E-state index contributed by atoms with van der Waals surface area (Å²) in [6.07, 6.45) is 2.20. The van der Waals surface area contributed by atoms with E-state index in [2.05, 4.69) is 17.0 Å². The standard InChI is InChI=1S/C13H20N2O2S/c1-3-14-11-6-4-5-7-12(11)18(16,17)15-10-13(2)8-9-13/h4-7,14-15H,3,8-10H2,1-2H3. The average Bonchev–Trinajstić information content (AvgIpc) is 3.07. The highest BCUT2D eigenvalue weighted by Gasteiger charge is 2.38. The molecule has 0 spiro atoms. The molecule has 2 N–H and O–H groups in total. The van der Waals surface area contributed by atoms with E-state index < -0.39 is 10.0 Å². The minimum atomic E-state index is -3.42. The van der Waals surface area contributed by atoms with Crippen molar-refractivity contribution in [3.8, 4) is 0 Å². The van der Waals surface area contributed by atoms with Crippen LogP contribution in [0.25, 0.3) is 0 Å². The van der Waals surface area contributed by atoms with Crippen LogP contribution < -0.4 is 10.0 Å². The monoisotopic (exact) mass is 268 g/mol. The van der Waals surface area contributed by atoms with Crippen molar-refractivity contribution in [3.05, 3.63) is 24.3 Å². The molecule has 0 unspecified atom stereocenters. The summed E-state index contributed by atoms with van der Waals surface area (Å²) in [5, 5.41) is 3.08. The number of nitrogens with one attached hydrogen (secondary N) is 2. The molecule has 2 rings (SSSR count). The molecule has 0 aromatic heterocycles. The highest BCUT2D eigenvalue weighted by atomic mass is 32.2. The molecule has 4 nitrogen and oxygen atoms in total. The van der Waals surface area contributed by atoms with Gasteiger partial charge in [-0.05, 0) is 37.3 Å². The Bertz CT molecular complexity index is 522. The Balaban J connectivity index is 2.17. The fourth-order valence-electron chi connectivity index (χ4n) is 1.77. The molecule has 1 aliphatic rings. The summed E-state index contributed by atoms with van der Waals surface area (Å²) in [5.74, 6) is 0. The van der Waals surface area contributed by atoms with Crippen LogP contribution in [0.1, 0.15) is 26.7 Å². The first-order valence-electron chi connectivity index (χ1n) is 6.29. The average molecular weight is 268 g/mol. The van der Waals surface area contributed by atoms with Gasteiger partial charge in [-0.15, -0.1) is 0 Å². The van der Waals surface area contributed by atoms with Crippen LogP contribution in [0.2, 0.25) is 0 Å². The van der Waals surface area contributed by atoms with Gasteiger partial charge in [0.15, 0.2) is 0 Å². The summed E-state index contributed by atoms with van der Waals surface area (Å²) in [6.45, 7) is 5.27. The lowest BCUT2D eigenvalue weighted by Gasteiger charge is -2.14. The van der Waals surface area contributed by atoms with Crippen molar-refractivity contribution in [2.75, 3.05) is 18.4 Å². The van der Waals surface area contributed by atoms with Crippen LogP contribution in [0.3, 0.4) is 0 Å². The zero-order valence-corrected chi connectivity index (χ0v) is 11.7. The van der Waals surface area contributed by atoms with Gasteiger partial charge in [-0.2, -0.15) is 0 Å². The molecule has 0 bridgehead atoms. The molecular weight excluding hydrogens is 248 g/mol. The van der Waals surface area contributed by atoms with Crippen molar-refractivity contribution in [3.63, 3.8) is 0 Å². The Morgan fingerprint density at radius 1 is 1.28 bits per heavy atom. The van der Waals surface area contributed by atoms with Crippen molar-refractivity contribution in [1.29, 1.82) is 0 Å². The number of hydrogen-bond acceptors (Lipinski definition) is 3. The Labute approximate surface area is 109 Å². The van der Waals surface area contributed by atoms with Gasteiger partial charge in [0.2, 0.25) is 10.0 Å². The number of benzene rings is 1. The quantitative estimate of drug-likeness (QED) is 0.831. The zero-order chi connectivity index (χ0) is 13.2. The molecule has 18 heavy (non-hydrogen) atoms. The molecule has 1 aromatic carbocycles. The van der Waals surface area contributed by atoms with Gasteiger partial charge in [-0.1, -0.05) is 19.1 Å². The molecule has 0 radical (unpaired) electrons. The van der Waals surface area contributed by atoms with Crippen molar-refractivity contribution >= 4 is 15.7 Å². The molecule has 0 saturated heterocycles. The number of sulfonamides is 1. The van der Waals surface area contributed by atoms with Crippen LogP contribution in [0.4, 0.5) is 5.69 Å². The Hall–Kier alpha value is -1.07. The Kier molecular flexibility index (Phi) is 3.64. The lowest BCUT2D eigenvalue weighted by atomic mass is 10.2. The van der Waals surface area contributed by atoms with Gasteiger partial charge < -0.3 is 5.32 Å². The number of rotatable bonds is 6. The van der Waals surface area contributed by atoms with Crippen molar-refractivity contribution in [2.24, 2.45) is 5.41 Å². The predicted molar refractivity (Wildman–Crippen MR) is 73.1 cm³/mol. The van der Waals surface area contributed by atoms with Crippen molar-refractivity contribution in [2.45, 2.75) is 31.6 Å². The smallest absolute Gasteiger partial charge is 0.242 e. The fraction of sp³-hybridized carbons (Fsp3) is 0.538. The lowest BCUT2D eigenvalue weighted by Crippen LogP contribution is -2.29. The van der Waals surface area contributed by atoms with E-state index in [9.17, 15) is 8.42 Å². The number of para-hydroxylation sites is 1. The topological polar surface area (TPSA) is 58.2 Å². The molecule has 1 aliphatic carbocycles. The Morgan fingerprint density at radius 3 is 2.56 bits per heavy atom. The normalized spacial score (nSPS) is 17.4. The summed E-state index contributed by atoms with van der Waals surface area (Å²) < 4.78 is 27.2. The molecule has 5 heteroatoms. The molecule has 1 aromatic rings. The number of hydrogen-bond donors (Lipinski definition) is 2. The molecule has 0 aliphatic heterocycles. The van der Waals surface area contributed by atoms with Gasteiger partial charge in [-0.25, -0.2) is 13.1 Å². The van der Waals surface area contributed by atoms with Crippen molar-refractivity contribution in [1.82, 2.24) is 4.72 Å². The second kappa shape index (κ2) is 4.90. The van der Waals surface area contributed by atoms with Gasteiger partial charge in [-0.3, -0.25) is 0 Å². The minimum absolute atomic E-state index is 0.167. The van der Waals surface area contributed by atoms with Gasteiger partial charge in [0.05, 0.1) is 5.69 Å². The van der Waals surface area contributed by atoms with E-state index in [0.29, 0.717) is 23.7 Å². The second-order valence-electron chi connectivity index (χ2n) is 5.16. The van der Waals surface area contributed by atoms with Gasteiger partial charge in [0.1, 0.15) is 4.90 Å². The van der Waals surface area contributed by atoms with E-state index in [-0.39, 0.29) is 5.41 Å². The van der Waals surface area contributed by atoms with Crippen LogP contribution in [0.15, 0.2) is 29.2 Å². The van der Waals surface area contributed by atoms with Gasteiger partial charge in [0.25, 0.3) is 0 Å². The van der Waals surface area contributed by atoms with E-state index >= 15 is 0 Å². The minimum Gasteiger partial charge on any atom is -0.384 e. The Morgan fingerprint density at radius 2 is 1.94 bits per heavy atom. The first-order chi connectivity index (χ1) is 8.47. The third-order valence-corrected chi connectivity index (χ3v) is 4.80.